The van der Waals surface area contributed by atoms with Crippen molar-refractivity contribution in [1.82, 2.24) is 20.0 Å². The van der Waals surface area contributed by atoms with Crippen molar-refractivity contribution >= 4 is 16.8 Å². The maximum Gasteiger partial charge on any atom is 0.272 e. The molecule has 0 saturated carbocycles. The zero-order valence-corrected chi connectivity index (χ0v) is 19.8. The van der Waals surface area contributed by atoms with E-state index in [9.17, 15) is 9.90 Å². The van der Waals surface area contributed by atoms with E-state index in [0.29, 0.717) is 25.5 Å². The molecule has 2 aromatic carbocycles. The van der Waals surface area contributed by atoms with Gasteiger partial charge in [0.25, 0.3) is 5.91 Å². The lowest BCUT2D eigenvalue weighted by molar-refractivity contribution is -0.0843. The van der Waals surface area contributed by atoms with Gasteiger partial charge in [-0.15, -0.1) is 0 Å². The number of phenolic OH excluding ortho intramolecular Hbond substituents is 1. The fourth-order valence-electron chi connectivity index (χ4n) is 5.14. The molecule has 3 heterocycles. The Morgan fingerprint density at radius 3 is 2.53 bits per heavy atom. The minimum absolute atomic E-state index is 0.0872. The highest BCUT2D eigenvalue weighted by atomic mass is 16.5. The molecule has 3 aromatic rings. The van der Waals surface area contributed by atoms with Gasteiger partial charge in [0, 0.05) is 30.1 Å². The van der Waals surface area contributed by atoms with Crippen molar-refractivity contribution in [2.24, 2.45) is 0 Å². The van der Waals surface area contributed by atoms with Crippen LogP contribution in [0, 0.1) is 0 Å². The van der Waals surface area contributed by atoms with Crippen LogP contribution in [0.15, 0.2) is 60.2 Å². The second-order valence-corrected chi connectivity index (χ2v) is 9.66. The number of aromatic hydroxyl groups is 1. The number of para-hydroxylation sites is 1. The first-order chi connectivity index (χ1) is 16.5. The number of fused-ring (bicyclic) bond motifs is 3. The van der Waals surface area contributed by atoms with Crippen LogP contribution in [-0.4, -0.2) is 57.0 Å². The molecule has 2 fully saturated rings. The number of ether oxygens (including phenoxy) is 1. The fraction of sp³-hybridized carbons (Fsp3) is 0.407. The maximum absolute atomic E-state index is 13.3. The summed E-state index contributed by atoms with van der Waals surface area (Å²) >= 11 is 0. The largest absolute Gasteiger partial charge is 0.508 e. The first kappa shape index (κ1) is 22.6. The maximum atomic E-state index is 13.3. The summed E-state index contributed by atoms with van der Waals surface area (Å²) < 4.78 is 7.76. The minimum Gasteiger partial charge on any atom is -0.508 e. The number of phenols is 1. The molecule has 3 atom stereocenters. The van der Waals surface area contributed by atoms with Gasteiger partial charge in [0.05, 0.1) is 25.3 Å². The van der Waals surface area contributed by atoms with E-state index in [0.717, 1.165) is 30.3 Å². The van der Waals surface area contributed by atoms with Gasteiger partial charge in [-0.05, 0) is 50.5 Å². The predicted molar refractivity (Wildman–Crippen MR) is 132 cm³/mol. The fourth-order valence-corrected chi connectivity index (χ4v) is 5.14. The van der Waals surface area contributed by atoms with Gasteiger partial charge in [-0.1, -0.05) is 42.0 Å². The van der Waals surface area contributed by atoms with Gasteiger partial charge < -0.3 is 15.2 Å². The van der Waals surface area contributed by atoms with E-state index in [2.05, 4.69) is 35.2 Å². The Labute approximate surface area is 200 Å². The predicted octanol–water partition coefficient (Wildman–Crippen LogP) is 3.87. The van der Waals surface area contributed by atoms with Crippen molar-refractivity contribution in [3.8, 4) is 5.75 Å². The van der Waals surface area contributed by atoms with Crippen LogP contribution < -0.4 is 5.32 Å². The second kappa shape index (κ2) is 9.60. The van der Waals surface area contributed by atoms with E-state index in [1.165, 1.54) is 11.1 Å². The van der Waals surface area contributed by atoms with Gasteiger partial charge in [-0.2, -0.15) is 5.10 Å². The molecule has 7 nitrogen and oxygen atoms in total. The van der Waals surface area contributed by atoms with Gasteiger partial charge in [-0.25, -0.2) is 0 Å². The molecular weight excluding hydrogens is 428 g/mol. The second-order valence-electron chi connectivity index (χ2n) is 9.66. The number of carbonyl (C=O) groups is 1. The van der Waals surface area contributed by atoms with Crippen molar-refractivity contribution < 1.29 is 14.6 Å². The van der Waals surface area contributed by atoms with Gasteiger partial charge >= 0.3 is 0 Å². The number of aromatic nitrogens is 2. The Bertz CT molecular complexity index is 1180. The van der Waals surface area contributed by atoms with E-state index in [1.807, 2.05) is 41.1 Å². The molecule has 178 valence electrons. The molecule has 2 N–H and O–H groups in total. The Morgan fingerprint density at radius 1 is 1.12 bits per heavy atom. The number of nitrogens with zero attached hydrogens (tertiary/aromatic N) is 3. The van der Waals surface area contributed by atoms with Crippen LogP contribution >= 0.6 is 0 Å². The minimum atomic E-state index is -0.108. The van der Waals surface area contributed by atoms with E-state index in [-0.39, 0.29) is 29.8 Å². The average Bonchev–Trinajstić information content (AvgIpc) is 3.18. The number of morpholine rings is 1. The highest BCUT2D eigenvalue weighted by Crippen LogP contribution is 2.30. The zero-order chi connectivity index (χ0) is 23.7. The first-order valence-corrected chi connectivity index (χ1v) is 12.0. The summed E-state index contributed by atoms with van der Waals surface area (Å²) in [5.74, 6) is 0.174. The molecule has 0 spiro atoms. The number of piperidine rings is 1. The summed E-state index contributed by atoms with van der Waals surface area (Å²) in [6, 6.07) is 15.9. The molecule has 2 bridgehead atoms. The molecule has 2 saturated heterocycles. The zero-order valence-electron chi connectivity index (χ0n) is 19.8. The van der Waals surface area contributed by atoms with Crippen LogP contribution in [0.5, 0.6) is 5.75 Å². The number of rotatable bonds is 6. The van der Waals surface area contributed by atoms with Crippen LogP contribution in [0.1, 0.15) is 42.7 Å². The van der Waals surface area contributed by atoms with E-state index in [1.54, 1.807) is 12.1 Å². The van der Waals surface area contributed by atoms with Crippen LogP contribution in [0.2, 0.25) is 0 Å². The molecule has 7 heteroatoms. The Morgan fingerprint density at radius 2 is 1.82 bits per heavy atom. The number of amides is 1. The summed E-state index contributed by atoms with van der Waals surface area (Å²) in [7, 11) is 0. The molecule has 34 heavy (non-hydrogen) atoms. The molecule has 2 aliphatic rings. The molecule has 0 radical (unpaired) electrons. The molecule has 1 aromatic heterocycles. The van der Waals surface area contributed by atoms with Gasteiger partial charge in [-0.3, -0.25) is 14.4 Å². The number of hydrogen-bond donors (Lipinski definition) is 2. The Hall–Kier alpha value is -3.16. The van der Waals surface area contributed by atoms with Crippen molar-refractivity contribution in [1.29, 1.82) is 0 Å². The van der Waals surface area contributed by atoms with Gasteiger partial charge in [0.1, 0.15) is 5.75 Å². The quantitative estimate of drug-likeness (QED) is 0.546. The molecule has 1 amide bonds. The van der Waals surface area contributed by atoms with Crippen molar-refractivity contribution in [2.45, 2.75) is 57.9 Å². The van der Waals surface area contributed by atoms with Crippen molar-refractivity contribution in [3.05, 3.63) is 71.4 Å². The van der Waals surface area contributed by atoms with E-state index in [4.69, 9.17) is 4.74 Å². The number of nitrogens with one attached hydrogen (secondary N) is 1. The first-order valence-electron chi connectivity index (χ1n) is 12.0. The number of allylic oxidation sites excluding steroid dienone is 2. The molecule has 0 unspecified atom stereocenters. The highest BCUT2D eigenvalue weighted by molar-refractivity contribution is 6.05. The SMILES string of the molecule is CC(C)=CCn1nc(C(=O)N[C@H]2C[C@H]3COC[C@@H](C2)N3Cc2ccc(O)cc2)c2ccccc21. The number of carbonyl (C=O) groups excluding carboxylic acids is 1. The van der Waals surface area contributed by atoms with Crippen LogP contribution in [0.4, 0.5) is 0 Å². The molecule has 2 aliphatic heterocycles. The lowest BCUT2D eigenvalue weighted by Crippen LogP contribution is -2.60. The standard InChI is InChI=1S/C27H32N4O3/c1-18(2)11-12-31-25-6-4-3-5-24(25)26(29-31)27(33)28-20-13-21-16-34-17-22(14-20)30(21)15-19-7-9-23(32)10-8-19/h3-11,20-22,32H,12-17H2,1-2H3,(H,28,33)/t20-,21-,22+. The van der Waals surface area contributed by atoms with Gasteiger partial charge in [0.2, 0.25) is 0 Å². The van der Waals surface area contributed by atoms with Gasteiger partial charge in [0.15, 0.2) is 5.69 Å². The number of benzene rings is 2. The lowest BCUT2D eigenvalue weighted by atomic mass is 9.89. The molecule has 0 aliphatic carbocycles. The third kappa shape index (κ3) is 4.72. The van der Waals surface area contributed by atoms with Crippen LogP contribution in [-0.2, 0) is 17.8 Å². The summed E-state index contributed by atoms with van der Waals surface area (Å²) in [4.78, 5) is 15.8. The highest BCUT2D eigenvalue weighted by Gasteiger charge is 2.39. The summed E-state index contributed by atoms with van der Waals surface area (Å²) in [5, 5.41) is 18.4. The van der Waals surface area contributed by atoms with E-state index >= 15 is 0 Å². The number of hydrogen-bond acceptors (Lipinski definition) is 5. The van der Waals surface area contributed by atoms with Crippen LogP contribution in [0.25, 0.3) is 10.9 Å². The topological polar surface area (TPSA) is 79.6 Å². The van der Waals surface area contributed by atoms with E-state index < -0.39 is 0 Å². The third-order valence-electron chi connectivity index (χ3n) is 6.85. The van der Waals surface area contributed by atoms with Crippen molar-refractivity contribution in [3.63, 3.8) is 0 Å². The summed E-state index contributed by atoms with van der Waals surface area (Å²) in [6.07, 6.45) is 3.81. The average molecular weight is 461 g/mol. The lowest BCUT2D eigenvalue weighted by Gasteiger charge is -2.48. The Balaban J connectivity index is 1.30. The van der Waals surface area contributed by atoms with Crippen LogP contribution in [0.3, 0.4) is 0 Å². The summed E-state index contributed by atoms with van der Waals surface area (Å²) in [5.41, 5.74) is 3.86. The third-order valence-corrected chi connectivity index (χ3v) is 6.85. The smallest absolute Gasteiger partial charge is 0.272 e. The molecule has 5 rings (SSSR count). The van der Waals surface area contributed by atoms with Crippen molar-refractivity contribution in [2.75, 3.05) is 13.2 Å². The normalized spacial score (nSPS) is 22.5. The molecular formula is C27H32N4O3. The monoisotopic (exact) mass is 460 g/mol. The Kier molecular flexibility index (Phi) is 6.39. The summed E-state index contributed by atoms with van der Waals surface area (Å²) in [6.45, 7) is 6.93.